The molecule has 168 valence electrons. The zero-order chi connectivity index (χ0) is 23.6. The summed E-state index contributed by atoms with van der Waals surface area (Å²) in [5.41, 5.74) is 2.66. The van der Waals surface area contributed by atoms with Crippen LogP contribution >= 0.6 is 0 Å². The first-order valence-electron chi connectivity index (χ1n) is 9.92. The van der Waals surface area contributed by atoms with E-state index >= 15 is 0 Å². The summed E-state index contributed by atoms with van der Waals surface area (Å²) in [6, 6.07) is 14.5. The Morgan fingerprint density at radius 2 is 2.06 bits per heavy atom. The number of hydrogen-bond acceptors (Lipinski definition) is 6. The van der Waals surface area contributed by atoms with Gasteiger partial charge in [0, 0.05) is 24.2 Å². The summed E-state index contributed by atoms with van der Waals surface area (Å²) in [5, 5.41) is 21.5. The summed E-state index contributed by atoms with van der Waals surface area (Å²) in [7, 11) is 0. The van der Waals surface area contributed by atoms with Gasteiger partial charge in [-0.05, 0) is 48.4 Å². The van der Waals surface area contributed by atoms with Gasteiger partial charge in [-0.3, -0.25) is 9.78 Å². The molecule has 0 saturated heterocycles. The molecule has 0 aliphatic heterocycles. The number of carboxylic acid groups (broad SMARTS) is 1. The van der Waals surface area contributed by atoms with Crippen LogP contribution in [0.25, 0.3) is 11.3 Å². The van der Waals surface area contributed by atoms with Gasteiger partial charge in [-0.2, -0.15) is 5.26 Å². The lowest BCUT2D eigenvalue weighted by Crippen LogP contribution is -2.17. The van der Waals surface area contributed by atoms with Crippen LogP contribution in [0, 0.1) is 17.2 Å². The molecule has 7 nitrogen and oxygen atoms in total. The fraction of sp³-hybridized carbons (Fsp3) is 0.217. The quantitative estimate of drug-likeness (QED) is 0.532. The maximum Gasteiger partial charge on any atom is 0.573 e. The van der Waals surface area contributed by atoms with Crippen molar-refractivity contribution < 1.29 is 27.8 Å². The third-order valence-electron chi connectivity index (χ3n) is 5.17. The first-order valence-corrected chi connectivity index (χ1v) is 9.92. The number of alkyl halides is 3. The van der Waals surface area contributed by atoms with Gasteiger partial charge in [0.25, 0.3) is 0 Å². The highest BCUT2D eigenvalue weighted by Crippen LogP contribution is 2.48. The molecule has 1 aliphatic carbocycles. The molecule has 0 spiro atoms. The molecular weight excluding hydrogens is 437 g/mol. The zero-order valence-electron chi connectivity index (χ0n) is 17.0. The van der Waals surface area contributed by atoms with Gasteiger partial charge in [-0.25, -0.2) is 4.98 Å². The molecule has 1 aromatic carbocycles. The number of carboxylic acids is 1. The van der Waals surface area contributed by atoms with Crippen LogP contribution in [-0.2, 0) is 11.3 Å². The van der Waals surface area contributed by atoms with Gasteiger partial charge in [0.2, 0.25) is 0 Å². The summed E-state index contributed by atoms with van der Waals surface area (Å²) in [6.07, 6.45) is -2.72. The number of ether oxygens (including phenoxy) is 1. The minimum Gasteiger partial charge on any atom is -0.481 e. The molecule has 0 bridgehead atoms. The van der Waals surface area contributed by atoms with E-state index in [4.69, 9.17) is 0 Å². The molecule has 1 fully saturated rings. The summed E-state index contributed by atoms with van der Waals surface area (Å²) in [6.45, 7) is 0.235. The Morgan fingerprint density at radius 1 is 1.24 bits per heavy atom. The van der Waals surface area contributed by atoms with Crippen molar-refractivity contribution in [1.29, 1.82) is 5.26 Å². The van der Waals surface area contributed by atoms with Crippen molar-refractivity contribution in [2.24, 2.45) is 5.92 Å². The Kier molecular flexibility index (Phi) is 5.87. The number of pyridine rings is 2. The summed E-state index contributed by atoms with van der Waals surface area (Å²) in [5.74, 6) is -1.49. The smallest absolute Gasteiger partial charge is 0.481 e. The van der Waals surface area contributed by atoms with Crippen LogP contribution in [0.4, 0.5) is 19.0 Å². The highest BCUT2D eigenvalue weighted by molar-refractivity contribution is 5.75. The van der Waals surface area contributed by atoms with Crippen LogP contribution < -0.4 is 10.1 Å². The topological polar surface area (TPSA) is 108 Å². The molecule has 33 heavy (non-hydrogen) atoms. The molecule has 2 heterocycles. The number of benzene rings is 1. The first kappa shape index (κ1) is 22.1. The predicted octanol–water partition coefficient (Wildman–Crippen LogP) is 4.71. The standard InChI is InChI=1S/C23H17F3N4O3/c24-23(25,26)33-16-3-1-2-13(8-16)11-28-20-7-5-15(12-29-20)19-6-4-14(10-27)21(30-19)17-9-18(17)22(31)32/h1-8,12,17-18H,9,11H2,(H,28,29)(H,31,32)/t17-,18-/m1/s1. The summed E-state index contributed by atoms with van der Waals surface area (Å²) in [4.78, 5) is 20.0. The third-order valence-corrected chi connectivity index (χ3v) is 5.17. The van der Waals surface area contributed by atoms with Crippen LogP contribution in [-0.4, -0.2) is 27.4 Å². The number of halogens is 3. The number of nitrogens with zero attached hydrogens (tertiary/aromatic N) is 3. The maximum atomic E-state index is 12.4. The highest BCUT2D eigenvalue weighted by Gasteiger charge is 2.46. The van der Waals surface area contributed by atoms with E-state index in [1.807, 2.05) is 0 Å². The molecule has 3 aromatic rings. The summed E-state index contributed by atoms with van der Waals surface area (Å²) < 4.78 is 41.1. The fourth-order valence-electron chi connectivity index (χ4n) is 3.48. The van der Waals surface area contributed by atoms with Crippen molar-refractivity contribution in [1.82, 2.24) is 9.97 Å². The van der Waals surface area contributed by atoms with Crippen molar-refractivity contribution in [3.63, 3.8) is 0 Å². The lowest BCUT2D eigenvalue weighted by atomic mass is 10.1. The van der Waals surface area contributed by atoms with Crippen molar-refractivity contribution >= 4 is 11.8 Å². The van der Waals surface area contributed by atoms with E-state index in [1.54, 1.807) is 36.5 Å². The molecule has 2 N–H and O–H groups in total. The Hall–Kier alpha value is -4.13. The number of carbonyl (C=O) groups is 1. The zero-order valence-corrected chi connectivity index (χ0v) is 17.0. The van der Waals surface area contributed by atoms with Gasteiger partial charge in [0.1, 0.15) is 17.6 Å². The molecule has 10 heteroatoms. The summed E-state index contributed by atoms with van der Waals surface area (Å²) >= 11 is 0. The van der Waals surface area contributed by atoms with Gasteiger partial charge < -0.3 is 15.2 Å². The van der Waals surface area contributed by atoms with E-state index in [0.717, 1.165) is 0 Å². The average molecular weight is 454 g/mol. The second-order valence-electron chi connectivity index (χ2n) is 7.51. The van der Waals surface area contributed by atoms with Gasteiger partial charge in [-0.1, -0.05) is 12.1 Å². The number of aromatic nitrogens is 2. The Bertz CT molecular complexity index is 1220. The number of rotatable bonds is 7. The van der Waals surface area contributed by atoms with Crippen molar-refractivity contribution in [3.8, 4) is 23.1 Å². The van der Waals surface area contributed by atoms with E-state index in [-0.39, 0.29) is 18.2 Å². The lowest BCUT2D eigenvalue weighted by Gasteiger charge is -2.11. The van der Waals surface area contributed by atoms with Crippen molar-refractivity contribution in [2.45, 2.75) is 25.2 Å². The van der Waals surface area contributed by atoms with Crippen LogP contribution in [0.1, 0.15) is 29.2 Å². The number of nitriles is 1. The Labute approximate surface area is 186 Å². The molecule has 0 radical (unpaired) electrons. The number of aliphatic carboxylic acids is 1. The molecule has 0 unspecified atom stereocenters. The predicted molar refractivity (Wildman–Crippen MR) is 111 cm³/mol. The molecule has 1 aliphatic rings. The highest BCUT2D eigenvalue weighted by atomic mass is 19.4. The van der Waals surface area contributed by atoms with Gasteiger partial charge >= 0.3 is 12.3 Å². The molecule has 2 aromatic heterocycles. The van der Waals surface area contributed by atoms with Gasteiger partial charge in [0.15, 0.2) is 0 Å². The van der Waals surface area contributed by atoms with E-state index in [2.05, 4.69) is 26.1 Å². The lowest BCUT2D eigenvalue weighted by molar-refractivity contribution is -0.274. The van der Waals surface area contributed by atoms with Crippen LogP contribution in [0.3, 0.4) is 0 Å². The van der Waals surface area contributed by atoms with Crippen molar-refractivity contribution in [3.05, 3.63) is 71.5 Å². The first-order chi connectivity index (χ1) is 15.7. The Balaban J connectivity index is 1.45. The monoisotopic (exact) mass is 454 g/mol. The van der Waals surface area contributed by atoms with E-state index in [1.165, 1.54) is 18.2 Å². The number of hydrogen-bond donors (Lipinski definition) is 2. The van der Waals surface area contributed by atoms with Crippen molar-refractivity contribution in [2.75, 3.05) is 5.32 Å². The molecular formula is C23H17F3N4O3. The van der Waals surface area contributed by atoms with E-state index in [0.29, 0.717) is 40.3 Å². The minimum absolute atomic E-state index is 0.235. The van der Waals surface area contributed by atoms with Gasteiger partial charge in [-0.15, -0.1) is 13.2 Å². The molecule has 2 atom stereocenters. The maximum absolute atomic E-state index is 12.4. The van der Waals surface area contributed by atoms with Gasteiger partial charge in [0.05, 0.1) is 22.9 Å². The largest absolute Gasteiger partial charge is 0.573 e. The SMILES string of the molecule is N#Cc1ccc(-c2ccc(NCc3cccc(OC(F)(F)F)c3)nc2)nc1[C@@H]1C[C@H]1C(=O)O. The number of anilines is 1. The second-order valence-corrected chi connectivity index (χ2v) is 7.51. The van der Waals surface area contributed by atoms with Crippen LogP contribution in [0.2, 0.25) is 0 Å². The number of nitrogens with one attached hydrogen (secondary N) is 1. The second kappa shape index (κ2) is 8.78. The fourth-order valence-corrected chi connectivity index (χ4v) is 3.48. The third kappa shape index (κ3) is 5.38. The normalized spacial score (nSPS) is 17.2. The Morgan fingerprint density at radius 3 is 2.70 bits per heavy atom. The molecule has 4 rings (SSSR count). The van der Waals surface area contributed by atoms with Crippen LogP contribution in [0.15, 0.2) is 54.7 Å². The molecule has 0 amide bonds. The van der Waals surface area contributed by atoms with Crippen LogP contribution in [0.5, 0.6) is 5.75 Å². The molecule has 1 saturated carbocycles. The van der Waals surface area contributed by atoms with E-state index < -0.39 is 18.2 Å². The average Bonchev–Trinajstić information content (AvgIpc) is 3.58. The minimum atomic E-state index is -4.75. The van der Waals surface area contributed by atoms with E-state index in [9.17, 15) is 28.3 Å².